The summed E-state index contributed by atoms with van der Waals surface area (Å²) >= 11 is 0. The van der Waals surface area contributed by atoms with Gasteiger partial charge in [0.2, 0.25) is 5.91 Å². The highest BCUT2D eigenvalue weighted by atomic mass is 16.1. The van der Waals surface area contributed by atoms with Gasteiger partial charge in [-0.2, -0.15) is 0 Å². The van der Waals surface area contributed by atoms with Crippen LogP contribution in [0.1, 0.15) is 52.0 Å². The van der Waals surface area contributed by atoms with Gasteiger partial charge in [0.25, 0.3) is 0 Å². The molecule has 2 bridgehead atoms. The summed E-state index contributed by atoms with van der Waals surface area (Å²) in [6, 6.07) is 8.64. The first kappa shape index (κ1) is 15.7. The van der Waals surface area contributed by atoms with Gasteiger partial charge in [-0.15, -0.1) is 0 Å². The fraction of sp³-hybridized carbons (Fsp3) is 0.571. The lowest BCUT2D eigenvalue weighted by molar-refractivity contribution is -0.122. The molecule has 4 rings (SSSR count). The molecule has 0 saturated heterocycles. The summed E-state index contributed by atoms with van der Waals surface area (Å²) in [5.41, 5.74) is 2.99. The van der Waals surface area contributed by atoms with Crippen molar-refractivity contribution in [1.29, 1.82) is 0 Å². The van der Waals surface area contributed by atoms with E-state index in [0.717, 1.165) is 24.3 Å². The number of benzene rings is 1. The SMILES string of the molecule is CC1(C)[C@@H]2CC[C@@]1(C)[C@@H](NC(=O)CCc1c[nH]c3ccccc13)C2. The Hall–Kier alpha value is -1.77. The summed E-state index contributed by atoms with van der Waals surface area (Å²) in [4.78, 5) is 15.8. The van der Waals surface area contributed by atoms with E-state index in [9.17, 15) is 4.79 Å². The lowest BCUT2D eigenvalue weighted by Gasteiger charge is -2.39. The monoisotopic (exact) mass is 324 g/mol. The number of rotatable bonds is 4. The van der Waals surface area contributed by atoms with Crippen LogP contribution >= 0.6 is 0 Å². The molecule has 0 radical (unpaired) electrons. The van der Waals surface area contributed by atoms with Crippen molar-refractivity contribution >= 4 is 16.8 Å². The standard InChI is InChI=1S/C21H28N2O/c1-20(2)15-10-11-21(20,3)18(12-15)23-19(24)9-8-14-13-22-17-7-5-4-6-16(14)17/h4-7,13,15,18,22H,8-12H2,1-3H3,(H,23,24)/t15-,18+,21+/m1/s1. The Bertz CT molecular complexity index is 775. The number of fused-ring (bicyclic) bond motifs is 3. The molecule has 2 saturated carbocycles. The van der Waals surface area contributed by atoms with Crippen LogP contribution in [0.15, 0.2) is 30.5 Å². The molecule has 2 aliphatic carbocycles. The van der Waals surface area contributed by atoms with Gasteiger partial charge in [0.15, 0.2) is 0 Å². The molecule has 3 heteroatoms. The number of nitrogens with one attached hydrogen (secondary N) is 2. The van der Waals surface area contributed by atoms with Crippen molar-refractivity contribution in [3.63, 3.8) is 0 Å². The number of carbonyl (C=O) groups is 1. The lowest BCUT2D eigenvalue weighted by Crippen LogP contribution is -2.46. The summed E-state index contributed by atoms with van der Waals surface area (Å²) in [6.45, 7) is 7.16. The molecule has 0 aliphatic heterocycles. The number of carbonyl (C=O) groups excluding carboxylic acids is 1. The van der Waals surface area contributed by atoms with Crippen LogP contribution in [0.25, 0.3) is 10.9 Å². The van der Waals surface area contributed by atoms with Crippen LogP contribution in [0.4, 0.5) is 0 Å². The van der Waals surface area contributed by atoms with E-state index in [1.807, 2.05) is 12.3 Å². The van der Waals surface area contributed by atoms with Gasteiger partial charge >= 0.3 is 0 Å². The van der Waals surface area contributed by atoms with Crippen LogP contribution in [-0.4, -0.2) is 16.9 Å². The van der Waals surface area contributed by atoms with Gasteiger partial charge in [-0.3, -0.25) is 4.79 Å². The van der Waals surface area contributed by atoms with Crippen LogP contribution < -0.4 is 5.32 Å². The van der Waals surface area contributed by atoms with Crippen molar-refractivity contribution in [1.82, 2.24) is 10.3 Å². The van der Waals surface area contributed by atoms with Gasteiger partial charge in [0, 0.05) is 29.6 Å². The highest BCUT2D eigenvalue weighted by molar-refractivity contribution is 5.84. The second-order valence-electron chi connectivity index (χ2n) is 8.59. The lowest BCUT2D eigenvalue weighted by atomic mass is 9.69. The normalized spacial score (nSPS) is 30.8. The van der Waals surface area contributed by atoms with Crippen LogP contribution in [0.3, 0.4) is 0 Å². The van der Waals surface area contributed by atoms with Crippen molar-refractivity contribution in [2.24, 2.45) is 16.7 Å². The highest BCUT2D eigenvalue weighted by Crippen LogP contribution is 2.65. The Balaban J connectivity index is 1.40. The Morgan fingerprint density at radius 2 is 2.08 bits per heavy atom. The summed E-state index contributed by atoms with van der Waals surface area (Å²) in [5.74, 6) is 0.969. The quantitative estimate of drug-likeness (QED) is 0.858. The third-order valence-electron chi connectivity index (χ3n) is 7.43. The maximum Gasteiger partial charge on any atom is 0.220 e. The average molecular weight is 324 g/mol. The molecule has 2 N–H and O–H groups in total. The topological polar surface area (TPSA) is 44.9 Å². The number of aryl methyl sites for hydroxylation is 1. The minimum absolute atomic E-state index is 0.204. The Labute approximate surface area is 144 Å². The van der Waals surface area contributed by atoms with E-state index in [-0.39, 0.29) is 11.3 Å². The van der Waals surface area contributed by atoms with Crippen LogP contribution in [0, 0.1) is 16.7 Å². The fourth-order valence-corrected chi connectivity index (χ4v) is 5.28. The van der Waals surface area contributed by atoms with E-state index in [0.29, 0.717) is 17.9 Å². The molecule has 1 aromatic carbocycles. The van der Waals surface area contributed by atoms with Gasteiger partial charge in [-0.25, -0.2) is 0 Å². The molecule has 1 heterocycles. The van der Waals surface area contributed by atoms with E-state index in [4.69, 9.17) is 0 Å². The first-order chi connectivity index (χ1) is 11.4. The molecule has 1 amide bonds. The predicted octanol–water partition coefficient (Wildman–Crippen LogP) is 4.43. The van der Waals surface area contributed by atoms with Crippen molar-refractivity contribution in [2.45, 2.75) is 58.9 Å². The van der Waals surface area contributed by atoms with Crippen molar-refractivity contribution in [3.8, 4) is 0 Å². The molecule has 24 heavy (non-hydrogen) atoms. The summed E-state index contributed by atoms with van der Waals surface area (Å²) in [5, 5.41) is 4.60. The van der Waals surface area contributed by atoms with Crippen LogP contribution in [-0.2, 0) is 11.2 Å². The molecular weight excluding hydrogens is 296 g/mol. The maximum atomic E-state index is 12.5. The van der Waals surface area contributed by atoms with Gasteiger partial charge < -0.3 is 10.3 Å². The molecule has 0 unspecified atom stereocenters. The second-order valence-corrected chi connectivity index (χ2v) is 8.59. The number of amides is 1. The van der Waals surface area contributed by atoms with Crippen molar-refractivity contribution < 1.29 is 4.79 Å². The van der Waals surface area contributed by atoms with E-state index in [2.05, 4.69) is 49.3 Å². The fourth-order valence-electron chi connectivity index (χ4n) is 5.28. The van der Waals surface area contributed by atoms with E-state index in [1.165, 1.54) is 23.8 Å². The molecule has 3 nitrogen and oxygen atoms in total. The first-order valence-corrected chi connectivity index (χ1v) is 9.26. The average Bonchev–Trinajstić information content (AvgIpc) is 3.12. The zero-order chi connectivity index (χ0) is 16.9. The molecule has 128 valence electrons. The smallest absolute Gasteiger partial charge is 0.220 e. The minimum atomic E-state index is 0.204. The third kappa shape index (κ3) is 2.21. The van der Waals surface area contributed by atoms with E-state index in [1.54, 1.807) is 0 Å². The second kappa shape index (κ2) is 5.37. The molecule has 0 spiro atoms. The molecule has 2 aromatic rings. The summed E-state index contributed by atoms with van der Waals surface area (Å²) in [6.07, 6.45) is 7.14. The Morgan fingerprint density at radius 1 is 1.29 bits per heavy atom. The molecule has 3 atom stereocenters. The van der Waals surface area contributed by atoms with Gasteiger partial charge in [0.05, 0.1) is 0 Å². The Morgan fingerprint density at radius 3 is 2.79 bits per heavy atom. The molecular formula is C21H28N2O. The Kier molecular flexibility index (Phi) is 3.52. The van der Waals surface area contributed by atoms with Crippen LogP contribution in [0.2, 0.25) is 0 Å². The first-order valence-electron chi connectivity index (χ1n) is 9.26. The number of hydrogen-bond acceptors (Lipinski definition) is 1. The van der Waals surface area contributed by atoms with Crippen molar-refractivity contribution in [3.05, 3.63) is 36.0 Å². The molecule has 1 aromatic heterocycles. The van der Waals surface area contributed by atoms with Gasteiger partial charge in [-0.1, -0.05) is 39.0 Å². The molecule has 2 fully saturated rings. The zero-order valence-corrected chi connectivity index (χ0v) is 15.0. The van der Waals surface area contributed by atoms with E-state index >= 15 is 0 Å². The highest BCUT2D eigenvalue weighted by Gasteiger charge is 2.61. The predicted molar refractivity (Wildman–Crippen MR) is 97.8 cm³/mol. The maximum absolute atomic E-state index is 12.5. The number of aromatic amines is 1. The molecule has 2 aliphatic rings. The zero-order valence-electron chi connectivity index (χ0n) is 15.0. The number of hydrogen-bond donors (Lipinski definition) is 2. The summed E-state index contributed by atoms with van der Waals surface area (Å²) < 4.78 is 0. The number of para-hydroxylation sites is 1. The third-order valence-corrected chi connectivity index (χ3v) is 7.43. The van der Waals surface area contributed by atoms with Gasteiger partial charge in [-0.05, 0) is 54.1 Å². The van der Waals surface area contributed by atoms with Crippen LogP contribution in [0.5, 0.6) is 0 Å². The van der Waals surface area contributed by atoms with E-state index < -0.39 is 0 Å². The van der Waals surface area contributed by atoms with Gasteiger partial charge in [0.1, 0.15) is 0 Å². The largest absolute Gasteiger partial charge is 0.361 e. The number of aromatic nitrogens is 1. The number of H-pyrrole nitrogens is 1. The minimum Gasteiger partial charge on any atom is -0.361 e. The summed E-state index contributed by atoms with van der Waals surface area (Å²) in [7, 11) is 0. The van der Waals surface area contributed by atoms with Crippen molar-refractivity contribution in [2.75, 3.05) is 0 Å².